The second-order valence-electron chi connectivity index (χ2n) is 17.3. The van der Waals surface area contributed by atoms with Gasteiger partial charge >= 0.3 is 11.7 Å². The first-order chi connectivity index (χ1) is 32.3. The van der Waals surface area contributed by atoms with Gasteiger partial charge in [-0.15, -0.1) is 0 Å². The molecule has 3 aliphatic rings. The van der Waals surface area contributed by atoms with Gasteiger partial charge in [-0.3, -0.25) is 14.5 Å². The number of nitrogens with one attached hydrogen (secondary N) is 1. The van der Waals surface area contributed by atoms with Crippen molar-refractivity contribution in [3.8, 4) is 45.7 Å². The summed E-state index contributed by atoms with van der Waals surface area (Å²) >= 11 is 0. The highest BCUT2D eigenvalue weighted by molar-refractivity contribution is 5.89. The minimum atomic E-state index is -1.26. The number of ether oxygens (including phenoxy) is 2. The van der Waals surface area contributed by atoms with E-state index in [1.54, 1.807) is 34.9 Å². The van der Waals surface area contributed by atoms with Crippen LogP contribution in [-0.2, 0) is 45.2 Å². The zero-order valence-corrected chi connectivity index (χ0v) is 39.2. The molecule has 1 atom stereocenters. The van der Waals surface area contributed by atoms with E-state index in [4.69, 9.17) is 14.5 Å². The molecule has 0 saturated carbocycles. The summed E-state index contributed by atoms with van der Waals surface area (Å²) in [7, 11) is 4.24. The second kappa shape index (κ2) is 20.8. The molecule has 3 aromatic heterocycles. The number of benzene rings is 3. The van der Waals surface area contributed by atoms with Gasteiger partial charge in [0, 0.05) is 55.3 Å². The van der Waals surface area contributed by atoms with Crippen molar-refractivity contribution >= 4 is 23.3 Å². The van der Waals surface area contributed by atoms with Crippen molar-refractivity contribution in [3.05, 3.63) is 115 Å². The lowest BCUT2D eigenvalue weighted by atomic mass is 9.97. The van der Waals surface area contributed by atoms with Crippen molar-refractivity contribution in [1.29, 1.82) is 0 Å². The molecule has 3 aliphatic heterocycles. The number of carbonyl (C=O) groups is 2. The van der Waals surface area contributed by atoms with E-state index in [1.807, 2.05) is 58.9 Å². The maximum atomic E-state index is 13.1. The summed E-state index contributed by atoms with van der Waals surface area (Å²) < 4.78 is 13.0. The summed E-state index contributed by atoms with van der Waals surface area (Å²) in [5, 5.41) is 38.1. The third-order valence-corrected chi connectivity index (χ3v) is 12.4. The Morgan fingerprint density at radius 3 is 2.31 bits per heavy atom. The van der Waals surface area contributed by atoms with Gasteiger partial charge in [0.05, 0.1) is 40.3 Å². The van der Waals surface area contributed by atoms with Crippen LogP contribution in [0.3, 0.4) is 0 Å². The molecule has 67 heavy (non-hydrogen) atoms. The van der Waals surface area contributed by atoms with E-state index in [-0.39, 0.29) is 47.5 Å². The first-order valence-corrected chi connectivity index (χ1v) is 22.9. The number of nitrogens with zero attached hydrogens (tertiary/aromatic N) is 7. The molecule has 0 aliphatic carbocycles. The van der Waals surface area contributed by atoms with Crippen LogP contribution in [0.1, 0.15) is 86.4 Å². The smallest absolute Gasteiger partial charge is 0.352 e. The molecule has 3 aromatic carbocycles. The molecule has 1 fully saturated rings. The van der Waals surface area contributed by atoms with E-state index in [2.05, 4.69) is 39.0 Å². The number of cyclic esters (lactones) is 1. The Morgan fingerprint density at radius 2 is 1.64 bits per heavy atom. The fourth-order valence-corrected chi connectivity index (χ4v) is 9.01. The first kappa shape index (κ1) is 48.1. The number of fused-ring (bicyclic) bond motifs is 5. The Morgan fingerprint density at radius 1 is 0.925 bits per heavy atom. The molecule has 354 valence electrons. The van der Waals surface area contributed by atoms with Crippen LogP contribution in [0.2, 0.25) is 0 Å². The van der Waals surface area contributed by atoms with Gasteiger partial charge in [0.15, 0.2) is 5.82 Å². The van der Waals surface area contributed by atoms with Crippen LogP contribution in [-0.4, -0.2) is 120 Å². The summed E-state index contributed by atoms with van der Waals surface area (Å²) in [5.74, 6) is -0.311. The Balaban J connectivity index is 0.000000195. The third kappa shape index (κ3) is 9.99. The summed E-state index contributed by atoms with van der Waals surface area (Å²) in [6.07, 6.45) is 0.637. The number of aromatic nitrogens is 5. The van der Waals surface area contributed by atoms with E-state index >= 15 is 0 Å². The van der Waals surface area contributed by atoms with E-state index in [0.717, 1.165) is 62.3 Å². The number of H-pyrrole nitrogens is 1. The topological polar surface area (TPSA) is 209 Å². The standard InChI is InChI=1S/C27H38N6O3.C21H16N2O6.C2H6/c1-19(2)22-16-23(25(35)17-24(22)34)26-28-29-27(36)33(26)21-8-6-20(7-9-21)18-32-14-12-31(13-15-32)11-5-10-30(3)4;1-2-11-12-5-10(25)3-4-16(12)22-18-14(11)7-23-17(18)6-13-15(20(23)26)8-28-21(27)19(13)29-9-24;1-2/h6-9,16-17,19,34-35H,5,10-15,18H2,1-4H3,(H,29,36);3-6,9,19,25H,2,7-8H2,1H3;1-2H3. The molecule has 0 amide bonds. The second-order valence-corrected chi connectivity index (χ2v) is 17.3. The maximum Gasteiger partial charge on any atom is 0.352 e. The number of pyridine rings is 2. The summed E-state index contributed by atoms with van der Waals surface area (Å²) in [6, 6.07) is 17.6. The van der Waals surface area contributed by atoms with Gasteiger partial charge in [-0.05, 0) is 105 Å². The van der Waals surface area contributed by atoms with Crippen molar-refractivity contribution in [2.24, 2.45) is 0 Å². The average Bonchev–Trinajstić information content (AvgIpc) is 3.88. The van der Waals surface area contributed by atoms with Crippen molar-refractivity contribution in [2.75, 3.05) is 53.4 Å². The van der Waals surface area contributed by atoms with E-state index in [1.165, 1.54) is 22.6 Å². The summed E-state index contributed by atoms with van der Waals surface area (Å²) in [6.45, 7) is 17.7. The lowest BCUT2D eigenvalue weighted by Gasteiger charge is -2.35. The molecule has 0 radical (unpaired) electrons. The molecule has 17 nitrogen and oxygen atoms in total. The van der Waals surface area contributed by atoms with Gasteiger partial charge in [-0.1, -0.05) is 46.8 Å². The quantitative estimate of drug-likeness (QED) is 0.0842. The molecule has 4 N–H and O–H groups in total. The molecule has 1 saturated heterocycles. The number of hydrogen-bond donors (Lipinski definition) is 4. The highest BCUT2D eigenvalue weighted by atomic mass is 16.6. The van der Waals surface area contributed by atoms with Crippen molar-refractivity contribution in [2.45, 2.75) is 79.2 Å². The van der Waals surface area contributed by atoms with Crippen LogP contribution in [0.4, 0.5) is 0 Å². The summed E-state index contributed by atoms with van der Waals surface area (Å²) in [4.78, 5) is 60.7. The zero-order chi connectivity index (χ0) is 48.1. The number of aromatic hydroxyl groups is 3. The van der Waals surface area contributed by atoms with E-state index < -0.39 is 12.1 Å². The predicted octanol–water partition coefficient (Wildman–Crippen LogP) is 5.82. The zero-order valence-electron chi connectivity index (χ0n) is 39.2. The van der Waals surface area contributed by atoms with Gasteiger partial charge in [0.25, 0.3) is 12.0 Å². The number of piperazine rings is 1. The van der Waals surface area contributed by atoms with Crippen molar-refractivity contribution < 1.29 is 34.4 Å². The number of carbonyl (C=O) groups excluding carboxylic acids is 2. The normalized spacial score (nSPS) is 15.5. The number of hydrogen-bond acceptors (Lipinski definition) is 14. The van der Waals surface area contributed by atoms with Crippen molar-refractivity contribution in [1.82, 2.24) is 39.0 Å². The molecule has 17 heteroatoms. The predicted molar refractivity (Wildman–Crippen MR) is 255 cm³/mol. The molecular weight excluding hydrogens is 857 g/mol. The Hall–Kier alpha value is -6.82. The van der Waals surface area contributed by atoms with Gasteiger partial charge in [-0.25, -0.2) is 24.2 Å². The third-order valence-electron chi connectivity index (χ3n) is 12.4. The van der Waals surface area contributed by atoms with Crippen LogP contribution in [0.5, 0.6) is 17.2 Å². The number of phenols is 3. The number of aromatic amines is 1. The van der Waals surface area contributed by atoms with Crippen LogP contribution in [0.25, 0.3) is 39.4 Å². The lowest BCUT2D eigenvalue weighted by Crippen LogP contribution is -2.46. The number of esters is 1. The Labute approximate surface area is 388 Å². The van der Waals surface area contributed by atoms with E-state index in [0.29, 0.717) is 63.6 Å². The minimum Gasteiger partial charge on any atom is -0.508 e. The molecule has 1 unspecified atom stereocenters. The largest absolute Gasteiger partial charge is 0.508 e. The lowest BCUT2D eigenvalue weighted by molar-refractivity contribution is -0.165. The number of phenolic OH excluding ortho intramolecular Hbond substituents is 3. The van der Waals surface area contributed by atoms with Crippen LogP contribution >= 0.6 is 0 Å². The highest BCUT2D eigenvalue weighted by Crippen LogP contribution is 2.40. The van der Waals surface area contributed by atoms with Crippen molar-refractivity contribution in [3.63, 3.8) is 0 Å². The van der Waals surface area contributed by atoms with Gasteiger partial charge in [0.1, 0.15) is 23.9 Å². The first-order valence-electron chi connectivity index (χ1n) is 22.9. The molecule has 0 bridgehead atoms. The van der Waals surface area contributed by atoms with Gasteiger partial charge in [0.2, 0.25) is 6.10 Å². The van der Waals surface area contributed by atoms with Gasteiger partial charge < -0.3 is 39.2 Å². The van der Waals surface area contributed by atoms with Crippen LogP contribution < -0.4 is 11.2 Å². The van der Waals surface area contributed by atoms with Gasteiger partial charge in [-0.2, -0.15) is 5.10 Å². The molecule has 0 spiro atoms. The molecular formula is C50H60N8O9. The molecule has 9 rings (SSSR count). The highest BCUT2D eigenvalue weighted by Gasteiger charge is 2.37. The average molecular weight is 917 g/mol. The van der Waals surface area contributed by atoms with E-state index in [9.17, 15) is 34.5 Å². The molecule has 6 aromatic rings. The Kier molecular flexibility index (Phi) is 14.9. The van der Waals surface area contributed by atoms with Crippen LogP contribution in [0, 0.1) is 0 Å². The van der Waals surface area contributed by atoms with Crippen LogP contribution in [0.15, 0.2) is 70.3 Å². The number of aryl methyl sites for hydroxylation is 1. The fraction of sp³-hybridized carbons (Fsp3) is 0.400. The maximum absolute atomic E-state index is 13.1. The minimum absolute atomic E-state index is 0.0226. The number of rotatable bonds is 12. The summed E-state index contributed by atoms with van der Waals surface area (Å²) in [5.41, 5.74) is 6.72. The fourth-order valence-electron chi connectivity index (χ4n) is 9.01. The molecule has 6 heterocycles. The SMILES string of the molecule is CC.CC(C)c1cc(-c2n[nH]c(=O)n2-c2ccc(CN3CCN(CCCN(C)C)CC3)cc2)c(O)cc1O.CCc1c2c(nc3ccc(O)cc13)-c1cc3c(c(=O)n1C2)COC(=O)C3OC=O. The monoisotopic (exact) mass is 916 g/mol. The Bertz CT molecular complexity index is 2880.